The normalized spacial score (nSPS) is 16.2. The Labute approximate surface area is 246 Å². The van der Waals surface area contributed by atoms with Crippen LogP contribution in [0.25, 0.3) is 0 Å². The van der Waals surface area contributed by atoms with E-state index in [0.717, 1.165) is 16.1 Å². The van der Waals surface area contributed by atoms with E-state index in [1.807, 2.05) is 18.2 Å². The molecule has 0 fully saturated rings. The van der Waals surface area contributed by atoms with Crippen molar-refractivity contribution in [2.75, 3.05) is 4.90 Å². The first kappa shape index (κ1) is 26.1. The molecule has 2 aliphatic rings. The van der Waals surface area contributed by atoms with E-state index in [4.69, 9.17) is 0 Å². The number of para-hydroxylation sites is 2. The zero-order valence-corrected chi connectivity index (χ0v) is 25.2. The molecule has 0 aliphatic carbocycles. The monoisotopic (exact) mass is 573 g/mol. The summed E-state index contributed by atoms with van der Waals surface area (Å²) in [7, 11) is -3.62. The van der Waals surface area contributed by atoms with Gasteiger partial charge in [-0.05, 0) is 82.9 Å². The van der Waals surface area contributed by atoms with Gasteiger partial charge >= 0.3 is 0 Å². The lowest BCUT2D eigenvalue weighted by Crippen LogP contribution is -2.31. The number of sulfone groups is 1. The first-order valence-electron chi connectivity index (χ1n) is 13.9. The summed E-state index contributed by atoms with van der Waals surface area (Å²) in [6.07, 6.45) is 0. The molecule has 0 spiro atoms. The summed E-state index contributed by atoms with van der Waals surface area (Å²) in [6, 6.07) is 38.4. The SMILES string of the molecule is CC1(C)c2cc(N3c4ccccc4C(C)(C)c4ccccc43)ccc2Sc2ccc(S(=O)(=O)c3ccccc3)cc21. The molecule has 0 N–H and O–H groups in total. The Hall–Kier alpha value is -3.80. The molecule has 3 nitrogen and oxygen atoms in total. The molecule has 7 rings (SSSR count). The predicted molar refractivity (Wildman–Crippen MR) is 168 cm³/mol. The summed E-state index contributed by atoms with van der Waals surface area (Å²) in [5, 5.41) is 0. The predicted octanol–water partition coefficient (Wildman–Crippen LogP) is 9.42. The molecule has 0 bridgehead atoms. The highest BCUT2D eigenvalue weighted by Gasteiger charge is 2.38. The summed E-state index contributed by atoms with van der Waals surface area (Å²) in [6.45, 7) is 9.00. The van der Waals surface area contributed by atoms with Crippen LogP contribution in [0, 0.1) is 0 Å². The highest BCUT2D eigenvalue weighted by Crippen LogP contribution is 2.54. The molecule has 5 aromatic carbocycles. The minimum absolute atomic E-state index is 0.118. The summed E-state index contributed by atoms with van der Waals surface area (Å²) < 4.78 is 27.0. The van der Waals surface area contributed by atoms with Crippen LogP contribution in [0.15, 0.2) is 135 Å². The van der Waals surface area contributed by atoms with E-state index in [0.29, 0.717) is 9.79 Å². The Kier molecular flexibility index (Phi) is 5.80. The fourth-order valence-electron chi connectivity index (χ4n) is 6.43. The van der Waals surface area contributed by atoms with Crippen LogP contribution >= 0.6 is 11.8 Å². The van der Waals surface area contributed by atoms with Crippen LogP contribution in [0.2, 0.25) is 0 Å². The summed E-state index contributed by atoms with van der Waals surface area (Å²) in [5.74, 6) is 0. The minimum atomic E-state index is -3.62. The highest BCUT2D eigenvalue weighted by atomic mass is 32.2. The first-order valence-corrected chi connectivity index (χ1v) is 16.2. The quantitative estimate of drug-likeness (QED) is 0.215. The third-order valence-electron chi connectivity index (χ3n) is 8.74. The lowest BCUT2D eigenvalue weighted by atomic mass is 9.73. The minimum Gasteiger partial charge on any atom is -0.310 e. The summed E-state index contributed by atoms with van der Waals surface area (Å²) in [4.78, 5) is 5.32. The fourth-order valence-corrected chi connectivity index (χ4v) is 9.10. The van der Waals surface area contributed by atoms with Crippen molar-refractivity contribution < 1.29 is 8.42 Å². The van der Waals surface area contributed by atoms with Gasteiger partial charge < -0.3 is 4.90 Å². The summed E-state index contributed by atoms with van der Waals surface area (Å²) in [5.41, 5.74) is 7.78. The van der Waals surface area contributed by atoms with Gasteiger partial charge in [0.15, 0.2) is 0 Å². The molecule has 2 aliphatic heterocycles. The van der Waals surface area contributed by atoms with E-state index in [-0.39, 0.29) is 5.41 Å². The number of rotatable bonds is 3. The van der Waals surface area contributed by atoms with Crippen LogP contribution in [0.1, 0.15) is 49.9 Å². The number of hydrogen-bond donors (Lipinski definition) is 0. The standard InChI is InChI=1S/C36H31NO2S2/c1-35(2)27-14-8-10-16-31(27)37(32-17-11-9-15-28(32)35)24-18-20-33-29(22-24)36(3,4)30-23-26(19-21-34(30)40-33)41(38,39)25-12-6-5-7-13-25/h5-23H,1-4H3. The van der Waals surface area contributed by atoms with E-state index in [9.17, 15) is 8.42 Å². The number of fused-ring (bicyclic) bond motifs is 4. The van der Waals surface area contributed by atoms with Crippen molar-refractivity contribution in [1.29, 1.82) is 0 Å². The average Bonchev–Trinajstić information content (AvgIpc) is 2.98. The van der Waals surface area contributed by atoms with E-state index < -0.39 is 15.3 Å². The maximum absolute atomic E-state index is 13.5. The van der Waals surface area contributed by atoms with E-state index in [2.05, 4.69) is 99.3 Å². The van der Waals surface area contributed by atoms with Gasteiger partial charge in [0, 0.05) is 26.3 Å². The van der Waals surface area contributed by atoms with Gasteiger partial charge in [0.05, 0.1) is 21.2 Å². The molecular formula is C36H31NO2S2. The van der Waals surface area contributed by atoms with Crippen LogP contribution in [-0.2, 0) is 20.7 Å². The summed E-state index contributed by atoms with van der Waals surface area (Å²) >= 11 is 1.71. The van der Waals surface area contributed by atoms with Crippen LogP contribution in [-0.4, -0.2) is 8.42 Å². The van der Waals surface area contributed by atoms with Crippen molar-refractivity contribution in [3.05, 3.63) is 138 Å². The number of benzene rings is 5. The Morgan fingerprint density at radius 2 is 1.05 bits per heavy atom. The van der Waals surface area contributed by atoms with Crippen molar-refractivity contribution in [3.63, 3.8) is 0 Å². The number of hydrogen-bond acceptors (Lipinski definition) is 4. The van der Waals surface area contributed by atoms with Crippen molar-refractivity contribution in [2.24, 2.45) is 0 Å². The maximum atomic E-state index is 13.5. The molecule has 0 saturated carbocycles. The Morgan fingerprint density at radius 1 is 0.537 bits per heavy atom. The number of nitrogens with zero attached hydrogens (tertiary/aromatic N) is 1. The van der Waals surface area contributed by atoms with Gasteiger partial charge in [0.25, 0.3) is 0 Å². The van der Waals surface area contributed by atoms with Crippen molar-refractivity contribution in [1.82, 2.24) is 0 Å². The van der Waals surface area contributed by atoms with Crippen LogP contribution in [0.5, 0.6) is 0 Å². The smallest absolute Gasteiger partial charge is 0.206 e. The molecule has 0 aromatic heterocycles. The van der Waals surface area contributed by atoms with Gasteiger partial charge in [-0.2, -0.15) is 0 Å². The van der Waals surface area contributed by atoms with E-state index in [1.54, 1.807) is 42.1 Å². The van der Waals surface area contributed by atoms with Gasteiger partial charge in [-0.15, -0.1) is 0 Å². The molecular weight excluding hydrogens is 543 g/mol. The Morgan fingerprint density at radius 3 is 1.68 bits per heavy atom. The van der Waals surface area contributed by atoms with Crippen LogP contribution in [0.3, 0.4) is 0 Å². The lowest BCUT2D eigenvalue weighted by molar-refractivity contribution is 0.590. The van der Waals surface area contributed by atoms with Gasteiger partial charge in [-0.3, -0.25) is 0 Å². The molecule has 41 heavy (non-hydrogen) atoms. The molecule has 0 amide bonds. The van der Waals surface area contributed by atoms with Crippen molar-refractivity contribution in [3.8, 4) is 0 Å². The molecule has 5 heteroatoms. The third kappa shape index (κ3) is 3.90. The topological polar surface area (TPSA) is 37.4 Å². The second-order valence-electron chi connectivity index (χ2n) is 11.9. The molecule has 0 saturated heterocycles. The first-order chi connectivity index (χ1) is 19.6. The largest absolute Gasteiger partial charge is 0.310 e. The molecule has 0 unspecified atom stereocenters. The molecule has 0 atom stereocenters. The van der Waals surface area contributed by atoms with Gasteiger partial charge in [0.1, 0.15) is 0 Å². The van der Waals surface area contributed by atoms with E-state index in [1.165, 1.54) is 33.0 Å². The molecule has 5 aromatic rings. The second-order valence-corrected chi connectivity index (χ2v) is 14.9. The highest BCUT2D eigenvalue weighted by molar-refractivity contribution is 7.99. The zero-order chi connectivity index (χ0) is 28.6. The van der Waals surface area contributed by atoms with Gasteiger partial charge in [0.2, 0.25) is 9.84 Å². The van der Waals surface area contributed by atoms with E-state index >= 15 is 0 Å². The van der Waals surface area contributed by atoms with Crippen molar-refractivity contribution in [2.45, 2.75) is 58.1 Å². The van der Waals surface area contributed by atoms with Gasteiger partial charge in [-0.25, -0.2) is 8.42 Å². The Balaban J connectivity index is 1.37. The molecule has 2 heterocycles. The lowest BCUT2D eigenvalue weighted by Gasteiger charge is -2.42. The maximum Gasteiger partial charge on any atom is 0.206 e. The molecule has 0 radical (unpaired) electrons. The van der Waals surface area contributed by atoms with Gasteiger partial charge in [-0.1, -0.05) is 94.1 Å². The second kappa shape index (κ2) is 9.10. The zero-order valence-electron chi connectivity index (χ0n) is 23.5. The number of anilines is 3. The fraction of sp³-hybridized carbons (Fsp3) is 0.167. The Bertz CT molecular complexity index is 1890. The van der Waals surface area contributed by atoms with Crippen molar-refractivity contribution >= 4 is 38.7 Å². The third-order valence-corrected chi connectivity index (χ3v) is 11.7. The average molecular weight is 574 g/mol. The van der Waals surface area contributed by atoms with Crippen LogP contribution in [0.4, 0.5) is 17.1 Å². The molecule has 204 valence electrons. The van der Waals surface area contributed by atoms with Crippen LogP contribution < -0.4 is 4.90 Å².